The van der Waals surface area contributed by atoms with E-state index in [0.29, 0.717) is 24.4 Å². The average molecular weight is 317 g/mol. The summed E-state index contributed by atoms with van der Waals surface area (Å²) in [5.74, 6) is -0.392. The zero-order chi connectivity index (χ0) is 14.8. The van der Waals surface area contributed by atoms with Gasteiger partial charge >= 0.3 is 0 Å². The van der Waals surface area contributed by atoms with Crippen molar-refractivity contribution in [1.82, 2.24) is 9.62 Å². The molecule has 0 aliphatic carbocycles. The van der Waals surface area contributed by atoms with Crippen LogP contribution in [0.25, 0.3) is 0 Å². The first-order valence-corrected chi connectivity index (χ1v) is 8.24. The zero-order valence-electron chi connectivity index (χ0n) is 11.2. The van der Waals surface area contributed by atoms with E-state index in [1.54, 1.807) is 19.2 Å². The van der Waals surface area contributed by atoms with Gasteiger partial charge < -0.3 is 5.32 Å². The van der Waals surface area contributed by atoms with Crippen LogP contribution in [0, 0.1) is 5.92 Å². The molecule has 0 unspecified atom stereocenters. The van der Waals surface area contributed by atoms with Gasteiger partial charge in [-0.05, 0) is 37.1 Å². The zero-order valence-corrected chi connectivity index (χ0v) is 12.7. The van der Waals surface area contributed by atoms with Gasteiger partial charge in [0.25, 0.3) is 0 Å². The minimum absolute atomic E-state index is 0.110. The Balaban J connectivity index is 2.21. The van der Waals surface area contributed by atoms with Crippen molar-refractivity contribution in [3.8, 4) is 0 Å². The van der Waals surface area contributed by atoms with Crippen LogP contribution in [0.15, 0.2) is 29.2 Å². The van der Waals surface area contributed by atoms with Gasteiger partial charge in [0.1, 0.15) is 0 Å². The van der Waals surface area contributed by atoms with Gasteiger partial charge in [-0.3, -0.25) is 4.79 Å². The molecule has 0 saturated carbocycles. The van der Waals surface area contributed by atoms with Crippen molar-refractivity contribution in [2.24, 2.45) is 5.92 Å². The minimum atomic E-state index is -3.56. The monoisotopic (exact) mass is 316 g/mol. The third-order valence-electron chi connectivity index (χ3n) is 3.45. The van der Waals surface area contributed by atoms with E-state index < -0.39 is 10.0 Å². The molecule has 1 aromatic rings. The average Bonchev–Trinajstić information content (AvgIpc) is 2.47. The molecule has 1 fully saturated rings. The lowest BCUT2D eigenvalue weighted by Gasteiger charge is -2.30. The van der Waals surface area contributed by atoms with Crippen molar-refractivity contribution in [2.75, 3.05) is 20.1 Å². The lowest BCUT2D eigenvalue weighted by atomic mass is 9.99. The highest BCUT2D eigenvalue weighted by atomic mass is 35.5. The molecule has 110 valence electrons. The number of benzene rings is 1. The van der Waals surface area contributed by atoms with E-state index in [-0.39, 0.29) is 23.3 Å². The molecule has 7 heteroatoms. The first-order valence-electron chi connectivity index (χ1n) is 6.42. The van der Waals surface area contributed by atoms with Crippen LogP contribution in [0.5, 0.6) is 0 Å². The molecule has 1 aliphatic heterocycles. The summed E-state index contributed by atoms with van der Waals surface area (Å²) in [4.78, 5) is 11.9. The molecule has 0 radical (unpaired) electrons. The Morgan fingerprint density at radius 3 is 2.60 bits per heavy atom. The van der Waals surface area contributed by atoms with Gasteiger partial charge in [0, 0.05) is 25.2 Å². The first-order chi connectivity index (χ1) is 9.45. The van der Waals surface area contributed by atoms with Crippen molar-refractivity contribution in [1.29, 1.82) is 0 Å². The fourth-order valence-electron chi connectivity index (χ4n) is 2.33. The van der Waals surface area contributed by atoms with Gasteiger partial charge in [0.2, 0.25) is 15.9 Å². The summed E-state index contributed by atoms with van der Waals surface area (Å²) in [5.41, 5.74) is 0. The topological polar surface area (TPSA) is 66.5 Å². The van der Waals surface area contributed by atoms with E-state index in [2.05, 4.69) is 5.32 Å². The molecule has 20 heavy (non-hydrogen) atoms. The molecule has 2 rings (SSSR count). The molecule has 5 nitrogen and oxygen atoms in total. The molecule has 0 bridgehead atoms. The maximum Gasteiger partial charge on any atom is 0.243 e. The van der Waals surface area contributed by atoms with Crippen molar-refractivity contribution >= 4 is 27.5 Å². The molecule has 1 atom stereocenters. The number of nitrogens with zero attached hydrogens (tertiary/aromatic N) is 1. The Kier molecular flexibility index (Phi) is 4.67. The third kappa shape index (κ3) is 3.13. The standard InChI is InChI=1S/C13H17ClN2O3S/c1-15-13(17)10-3-2-8-16(9-10)20(18,19)12-6-4-11(14)5-7-12/h4-7,10H,2-3,8-9H2,1H3,(H,15,17)/t10-/m0/s1. The lowest BCUT2D eigenvalue weighted by Crippen LogP contribution is -2.44. The molecule has 1 saturated heterocycles. The summed E-state index contributed by atoms with van der Waals surface area (Å²) in [6.07, 6.45) is 1.40. The third-order valence-corrected chi connectivity index (χ3v) is 5.58. The smallest absolute Gasteiger partial charge is 0.243 e. The van der Waals surface area contributed by atoms with Crippen LogP contribution in [0.4, 0.5) is 0 Å². The Morgan fingerprint density at radius 2 is 2.00 bits per heavy atom. The number of hydrogen-bond donors (Lipinski definition) is 1. The molecular formula is C13H17ClN2O3S. The second kappa shape index (κ2) is 6.11. The number of rotatable bonds is 3. The SMILES string of the molecule is CNC(=O)[C@H]1CCCN(S(=O)(=O)c2ccc(Cl)cc2)C1. The van der Waals surface area contributed by atoms with Crippen LogP contribution >= 0.6 is 11.6 Å². The van der Waals surface area contributed by atoms with Crippen LogP contribution in [0.3, 0.4) is 0 Å². The molecule has 1 N–H and O–H groups in total. The van der Waals surface area contributed by atoms with Crippen molar-refractivity contribution in [2.45, 2.75) is 17.7 Å². The van der Waals surface area contributed by atoms with Crippen molar-refractivity contribution < 1.29 is 13.2 Å². The number of nitrogens with one attached hydrogen (secondary N) is 1. The van der Waals surface area contributed by atoms with Crippen molar-refractivity contribution in [3.05, 3.63) is 29.3 Å². The van der Waals surface area contributed by atoms with Gasteiger partial charge in [-0.1, -0.05) is 11.6 Å². The Hall–Kier alpha value is -1.11. The van der Waals surface area contributed by atoms with Crippen LogP contribution in [-0.2, 0) is 14.8 Å². The van der Waals surface area contributed by atoms with E-state index in [9.17, 15) is 13.2 Å². The van der Waals surface area contributed by atoms with Crippen LogP contribution in [0.2, 0.25) is 5.02 Å². The number of carbonyl (C=O) groups excluding carboxylic acids is 1. The summed E-state index contributed by atoms with van der Waals surface area (Å²) in [6.45, 7) is 0.670. The fourth-order valence-corrected chi connectivity index (χ4v) is 3.98. The van der Waals surface area contributed by atoms with E-state index in [0.717, 1.165) is 0 Å². The van der Waals surface area contributed by atoms with Gasteiger partial charge in [-0.2, -0.15) is 4.31 Å². The van der Waals surface area contributed by atoms with Gasteiger partial charge in [-0.15, -0.1) is 0 Å². The molecule has 0 spiro atoms. The Bertz CT molecular complexity index is 586. The van der Waals surface area contributed by atoms with E-state index in [1.807, 2.05) is 0 Å². The van der Waals surface area contributed by atoms with Crippen LogP contribution in [0.1, 0.15) is 12.8 Å². The van der Waals surface area contributed by atoms with Crippen LogP contribution in [-0.4, -0.2) is 38.8 Å². The van der Waals surface area contributed by atoms with E-state index >= 15 is 0 Å². The fraction of sp³-hybridized carbons (Fsp3) is 0.462. The first kappa shape index (κ1) is 15.3. The van der Waals surface area contributed by atoms with Gasteiger partial charge in [0.15, 0.2) is 0 Å². The lowest BCUT2D eigenvalue weighted by molar-refractivity contribution is -0.125. The van der Waals surface area contributed by atoms with E-state index in [4.69, 9.17) is 11.6 Å². The molecule has 1 aromatic carbocycles. The van der Waals surface area contributed by atoms with Crippen LogP contribution < -0.4 is 5.32 Å². The summed E-state index contributed by atoms with van der Waals surface area (Å²) in [7, 11) is -1.99. The van der Waals surface area contributed by atoms with Crippen molar-refractivity contribution in [3.63, 3.8) is 0 Å². The summed E-state index contributed by atoms with van der Waals surface area (Å²) in [5, 5.41) is 3.07. The summed E-state index contributed by atoms with van der Waals surface area (Å²) in [6, 6.07) is 6.07. The molecular weight excluding hydrogens is 300 g/mol. The summed E-state index contributed by atoms with van der Waals surface area (Å²) < 4.78 is 26.4. The molecule has 1 amide bonds. The Labute approximate surface area is 124 Å². The number of piperidine rings is 1. The normalized spacial score (nSPS) is 20.6. The highest BCUT2D eigenvalue weighted by Crippen LogP contribution is 2.24. The quantitative estimate of drug-likeness (QED) is 0.918. The maximum absolute atomic E-state index is 12.5. The summed E-state index contributed by atoms with van der Waals surface area (Å²) >= 11 is 5.77. The highest BCUT2D eigenvalue weighted by molar-refractivity contribution is 7.89. The Morgan fingerprint density at radius 1 is 1.35 bits per heavy atom. The highest BCUT2D eigenvalue weighted by Gasteiger charge is 2.32. The van der Waals surface area contributed by atoms with Gasteiger partial charge in [-0.25, -0.2) is 8.42 Å². The maximum atomic E-state index is 12.5. The predicted octanol–water partition coefficient (Wildman–Crippen LogP) is 1.49. The number of carbonyl (C=O) groups is 1. The molecule has 0 aromatic heterocycles. The number of sulfonamides is 1. The second-order valence-electron chi connectivity index (χ2n) is 4.77. The van der Waals surface area contributed by atoms with Gasteiger partial charge in [0.05, 0.1) is 10.8 Å². The molecule has 1 heterocycles. The molecule has 1 aliphatic rings. The van der Waals surface area contributed by atoms with E-state index in [1.165, 1.54) is 16.4 Å². The second-order valence-corrected chi connectivity index (χ2v) is 7.14. The number of amides is 1. The number of halogens is 1. The number of hydrogen-bond acceptors (Lipinski definition) is 3. The largest absolute Gasteiger partial charge is 0.359 e. The minimum Gasteiger partial charge on any atom is -0.359 e. The predicted molar refractivity (Wildman–Crippen MR) is 77.0 cm³/mol.